The van der Waals surface area contributed by atoms with Crippen LogP contribution in [-0.2, 0) is 0 Å². The second-order valence-corrected chi connectivity index (χ2v) is 12.8. The van der Waals surface area contributed by atoms with E-state index < -0.39 is 12.1 Å². The van der Waals surface area contributed by atoms with Gasteiger partial charge in [0.1, 0.15) is 11.2 Å². The summed E-state index contributed by atoms with van der Waals surface area (Å²) in [5.41, 5.74) is 7.79. The fraction of sp³-hybridized carbons (Fsp3) is 0. The molecule has 0 aliphatic carbocycles. The number of rotatable bonds is 4. The Bertz CT molecular complexity index is 3530. The van der Waals surface area contributed by atoms with Crippen molar-refractivity contribution in [2.45, 2.75) is 0 Å². The highest BCUT2D eigenvalue weighted by Gasteiger charge is 2.19. The van der Waals surface area contributed by atoms with Gasteiger partial charge in [0.2, 0.25) is 0 Å². The minimum Gasteiger partial charge on any atom is -0.456 e. The molecule has 0 bridgehead atoms. The zero-order valence-electron chi connectivity index (χ0n) is 34.1. The molecule has 0 fully saturated rings. The van der Waals surface area contributed by atoms with Crippen molar-refractivity contribution >= 4 is 65.6 Å². The lowest BCUT2D eigenvalue weighted by atomic mass is 9.97. The number of aromatic nitrogens is 2. The van der Waals surface area contributed by atoms with E-state index in [4.69, 9.17) is 9.90 Å². The number of fused-ring (bicyclic) bond motifs is 9. The molecule has 3 heterocycles. The van der Waals surface area contributed by atoms with Crippen LogP contribution in [-0.4, -0.2) is 9.13 Å². The highest BCUT2D eigenvalue weighted by atomic mass is 16.3. The predicted octanol–water partition coefficient (Wildman–Crippen LogP) is 13.1. The summed E-state index contributed by atoms with van der Waals surface area (Å²) in [6, 6.07) is 43.7. The van der Waals surface area contributed by atoms with Crippen molar-refractivity contribution in [3.8, 4) is 33.6 Å². The zero-order chi connectivity index (χ0) is 39.6. The monoisotopic (exact) mass is 657 g/mol. The Balaban J connectivity index is 1.24. The summed E-state index contributed by atoms with van der Waals surface area (Å²) < 4.78 is 74.7. The van der Waals surface area contributed by atoms with Crippen LogP contribution in [0.2, 0.25) is 0 Å². The van der Waals surface area contributed by atoms with E-state index in [9.17, 15) is 4.11 Å². The van der Waals surface area contributed by atoms with Crippen LogP contribution < -0.4 is 0 Å². The molecular weight excluding hydrogens is 621 g/mol. The van der Waals surface area contributed by atoms with Crippen LogP contribution in [0.3, 0.4) is 0 Å². The van der Waals surface area contributed by atoms with Gasteiger partial charge in [-0.25, -0.2) is 0 Å². The Labute approximate surface area is 303 Å². The molecule has 11 rings (SSSR count). The minimum absolute atomic E-state index is 0.0935. The first kappa shape index (κ1) is 22.0. The summed E-state index contributed by atoms with van der Waals surface area (Å²) in [5, 5.41) is 4.02. The van der Waals surface area contributed by atoms with E-state index >= 15 is 0 Å². The van der Waals surface area contributed by atoms with Crippen molar-refractivity contribution < 1.29 is 14.0 Å². The fourth-order valence-corrected chi connectivity index (χ4v) is 7.71. The first-order chi connectivity index (χ1) is 28.2. The Kier molecular flexibility index (Phi) is 4.67. The summed E-state index contributed by atoms with van der Waals surface area (Å²) in [7, 11) is 0. The van der Waals surface area contributed by atoms with Crippen molar-refractivity contribution in [1.82, 2.24) is 9.13 Å². The lowest BCUT2D eigenvalue weighted by Crippen LogP contribution is -1.93. The van der Waals surface area contributed by atoms with Gasteiger partial charge < -0.3 is 13.6 Å². The highest BCUT2D eigenvalue weighted by Crippen LogP contribution is 2.42. The third-order valence-electron chi connectivity index (χ3n) is 9.96. The molecule has 0 N–H and O–H groups in total. The van der Waals surface area contributed by atoms with Crippen molar-refractivity contribution in [1.29, 1.82) is 0 Å². The second kappa shape index (κ2) is 10.8. The van der Waals surface area contributed by atoms with Crippen LogP contribution in [0.25, 0.3) is 99.2 Å². The number of furan rings is 1. The van der Waals surface area contributed by atoms with Crippen LogP contribution in [0.15, 0.2) is 186 Å². The fourth-order valence-electron chi connectivity index (χ4n) is 7.71. The maximum absolute atomic E-state index is 9.86. The minimum atomic E-state index is -0.435. The van der Waals surface area contributed by atoms with E-state index in [0.29, 0.717) is 22.4 Å². The first-order valence-corrected chi connectivity index (χ1v) is 16.9. The number of benzene rings is 8. The summed E-state index contributed by atoms with van der Waals surface area (Å²) in [5.74, 6) is 0. The summed E-state index contributed by atoms with van der Waals surface area (Å²) in [6.07, 6.45) is 0. The van der Waals surface area contributed by atoms with Gasteiger partial charge in [0.05, 0.1) is 31.7 Å². The van der Waals surface area contributed by atoms with Crippen LogP contribution in [0.1, 0.15) is 9.60 Å². The van der Waals surface area contributed by atoms with Gasteiger partial charge in [-0.3, -0.25) is 0 Å². The van der Waals surface area contributed by atoms with E-state index in [1.54, 1.807) is 10.6 Å². The summed E-state index contributed by atoms with van der Waals surface area (Å²) in [6.45, 7) is 0. The predicted molar refractivity (Wildman–Crippen MR) is 213 cm³/mol. The summed E-state index contributed by atoms with van der Waals surface area (Å²) in [4.78, 5) is 0. The van der Waals surface area contributed by atoms with Gasteiger partial charge in [0, 0.05) is 49.8 Å². The lowest BCUT2D eigenvalue weighted by molar-refractivity contribution is 0.668. The van der Waals surface area contributed by atoms with Crippen molar-refractivity contribution in [2.75, 3.05) is 0 Å². The molecule has 0 saturated carbocycles. The maximum atomic E-state index is 9.86. The first-order valence-electron chi connectivity index (χ1n) is 20.4. The quantitative estimate of drug-likeness (QED) is 0.185. The normalized spacial score (nSPS) is 13.8. The van der Waals surface area contributed by atoms with Crippen molar-refractivity contribution in [3.05, 3.63) is 182 Å². The van der Waals surface area contributed by atoms with Gasteiger partial charge in [-0.15, -0.1) is 0 Å². The van der Waals surface area contributed by atoms with Crippen LogP contribution in [0.4, 0.5) is 0 Å². The Morgan fingerprint density at radius 1 is 0.412 bits per heavy atom. The van der Waals surface area contributed by atoms with E-state index in [1.165, 1.54) is 0 Å². The summed E-state index contributed by atoms with van der Waals surface area (Å²) >= 11 is 0. The third kappa shape index (κ3) is 4.19. The Morgan fingerprint density at radius 2 is 1.18 bits per heavy atom. The van der Waals surface area contributed by atoms with E-state index in [-0.39, 0.29) is 57.6 Å². The van der Waals surface area contributed by atoms with Gasteiger partial charge in [-0.1, -0.05) is 109 Å². The smallest absolute Gasteiger partial charge is 0.137 e. The molecule has 0 atom stereocenters. The molecule has 8 aromatic carbocycles. The van der Waals surface area contributed by atoms with Crippen molar-refractivity contribution in [3.63, 3.8) is 0 Å². The molecule has 3 heteroatoms. The Hall–Kier alpha value is -6.84. The number of para-hydroxylation sites is 3. The third-order valence-corrected chi connectivity index (χ3v) is 9.96. The molecule has 238 valence electrons. The second-order valence-electron chi connectivity index (χ2n) is 12.8. The van der Waals surface area contributed by atoms with Crippen molar-refractivity contribution in [2.24, 2.45) is 0 Å². The molecule has 0 aliphatic heterocycles. The average molecular weight is 658 g/mol. The van der Waals surface area contributed by atoms with Crippen LogP contribution in [0, 0.1) is 0 Å². The maximum Gasteiger partial charge on any atom is 0.137 e. The largest absolute Gasteiger partial charge is 0.456 e. The molecule has 0 radical (unpaired) electrons. The lowest BCUT2D eigenvalue weighted by Gasteiger charge is -2.09. The van der Waals surface area contributed by atoms with E-state index in [1.807, 2.05) is 91.0 Å². The Morgan fingerprint density at radius 3 is 2.08 bits per heavy atom. The van der Waals surface area contributed by atoms with E-state index in [0.717, 1.165) is 49.4 Å². The molecule has 0 spiro atoms. The topological polar surface area (TPSA) is 23.0 Å². The van der Waals surface area contributed by atoms with Gasteiger partial charge in [0.15, 0.2) is 0 Å². The average Bonchev–Trinajstić information content (AvgIpc) is 3.93. The number of hydrogen-bond donors (Lipinski definition) is 0. The van der Waals surface area contributed by atoms with Gasteiger partial charge in [-0.05, 0) is 88.9 Å². The zero-order valence-corrected chi connectivity index (χ0v) is 27.1. The van der Waals surface area contributed by atoms with Gasteiger partial charge in [-0.2, -0.15) is 0 Å². The molecule has 0 unspecified atom stereocenters. The molecule has 11 aromatic rings. The number of nitrogens with zero attached hydrogens (tertiary/aromatic N) is 2. The molecule has 3 aromatic heterocycles. The highest BCUT2D eigenvalue weighted by molar-refractivity contribution is 6.17. The molecular formula is C48H30N2O. The molecule has 0 amide bonds. The van der Waals surface area contributed by atoms with E-state index in [2.05, 4.69) is 47.0 Å². The van der Waals surface area contributed by atoms with Gasteiger partial charge in [0.25, 0.3) is 0 Å². The molecule has 0 aliphatic rings. The molecule has 3 nitrogen and oxygen atoms in total. The SMILES string of the molecule is [2H]c1c([2H])c([2H])c2c(c1[2H])c1c([2H])c(-c3ccc4c(c3)c3c(-c5ccccc5)cccc3n4-c3ccccc3)c([2H])c([2H])c1n2-c1ccc2c(c1)oc1ccccc12. The van der Waals surface area contributed by atoms with Crippen LogP contribution in [0.5, 0.6) is 0 Å². The molecule has 51 heavy (non-hydrogen) atoms. The molecule has 0 saturated heterocycles. The van der Waals surface area contributed by atoms with Crippen LogP contribution >= 0.6 is 0 Å². The standard InChI is InChI=1S/C48H30N2O/c1-3-12-31(13-4-1)36-18-11-20-45-48(36)41-29-33(23-27-44(41)49(45)34-14-5-2-6-15-34)32-22-26-43-40(28-32)37-16-7-9-19-42(37)50(43)35-24-25-39-38-17-8-10-21-46(38)51-47(39)30-35/h1-30H/i7D,9D,16D,19D,22D,26D,28D. The number of hydrogen-bond acceptors (Lipinski definition) is 1. The van der Waals surface area contributed by atoms with Gasteiger partial charge >= 0.3 is 0 Å².